The predicted molar refractivity (Wildman–Crippen MR) is 86.2 cm³/mol. The van der Waals surface area contributed by atoms with Crippen LogP contribution < -0.4 is 0 Å². The standard InChI is InChI=1S/C14H17N3O2S2/c1-9-2-3-11-13(15-9)17(10-4-6-20-7-5-10)14(16-11)21-8-12(18)19/h2-3,10H,4-8H2,1H3,(H,18,19). The second-order valence-corrected chi connectivity index (χ2v) is 7.25. The zero-order valence-corrected chi connectivity index (χ0v) is 13.4. The lowest BCUT2D eigenvalue weighted by Gasteiger charge is -2.24. The molecule has 0 spiro atoms. The van der Waals surface area contributed by atoms with E-state index in [4.69, 9.17) is 5.11 Å². The van der Waals surface area contributed by atoms with Gasteiger partial charge in [-0.05, 0) is 43.4 Å². The Morgan fingerprint density at radius 1 is 1.43 bits per heavy atom. The minimum absolute atomic E-state index is 0.0315. The van der Waals surface area contributed by atoms with Crippen molar-refractivity contribution in [3.05, 3.63) is 17.8 Å². The fraction of sp³-hybridized carbons (Fsp3) is 0.500. The minimum atomic E-state index is -0.818. The number of rotatable bonds is 4. The van der Waals surface area contributed by atoms with Crippen LogP contribution in [0, 0.1) is 6.92 Å². The first-order valence-corrected chi connectivity index (χ1v) is 9.07. The van der Waals surface area contributed by atoms with Crippen LogP contribution in [0.5, 0.6) is 0 Å². The Balaban J connectivity index is 2.04. The molecular weight excluding hydrogens is 306 g/mol. The molecule has 0 atom stereocenters. The van der Waals surface area contributed by atoms with Crippen LogP contribution in [0.25, 0.3) is 11.2 Å². The molecule has 1 N–H and O–H groups in total. The van der Waals surface area contributed by atoms with Crippen molar-refractivity contribution < 1.29 is 9.90 Å². The van der Waals surface area contributed by atoms with E-state index in [1.54, 1.807) is 0 Å². The Bertz CT molecular complexity index is 666. The highest BCUT2D eigenvalue weighted by Crippen LogP contribution is 2.34. The highest BCUT2D eigenvalue weighted by molar-refractivity contribution is 7.99. The number of aromatic nitrogens is 3. The van der Waals surface area contributed by atoms with Crippen LogP contribution in [-0.4, -0.2) is 42.9 Å². The molecule has 3 heterocycles. The summed E-state index contributed by atoms with van der Waals surface area (Å²) < 4.78 is 2.16. The van der Waals surface area contributed by atoms with Crippen molar-refractivity contribution in [3.8, 4) is 0 Å². The normalized spacial score (nSPS) is 16.4. The monoisotopic (exact) mass is 323 g/mol. The SMILES string of the molecule is Cc1ccc2nc(SCC(=O)O)n(C3CCSCC3)c2n1. The summed E-state index contributed by atoms with van der Waals surface area (Å²) in [7, 11) is 0. The Morgan fingerprint density at radius 3 is 2.90 bits per heavy atom. The van der Waals surface area contributed by atoms with E-state index in [1.807, 2.05) is 30.8 Å². The number of nitrogens with zero attached hydrogens (tertiary/aromatic N) is 3. The van der Waals surface area contributed by atoms with Gasteiger partial charge in [0.15, 0.2) is 10.8 Å². The van der Waals surface area contributed by atoms with Gasteiger partial charge >= 0.3 is 5.97 Å². The maximum Gasteiger partial charge on any atom is 0.313 e. The third-order valence-corrected chi connectivity index (χ3v) is 5.51. The first-order chi connectivity index (χ1) is 10.1. The quantitative estimate of drug-likeness (QED) is 0.873. The molecule has 1 fully saturated rings. The molecule has 1 aliphatic rings. The molecule has 0 unspecified atom stereocenters. The van der Waals surface area contributed by atoms with Gasteiger partial charge in [-0.3, -0.25) is 4.79 Å². The van der Waals surface area contributed by atoms with E-state index in [0.29, 0.717) is 6.04 Å². The van der Waals surface area contributed by atoms with Crippen LogP contribution in [0.4, 0.5) is 0 Å². The third kappa shape index (κ3) is 3.18. The van der Waals surface area contributed by atoms with Crippen molar-refractivity contribution in [2.24, 2.45) is 0 Å². The molecule has 0 saturated carbocycles. The first kappa shape index (κ1) is 14.7. The summed E-state index contributed by atoms with van der Waals surface area (Å²) in [6, 6.07) is 4.29. The summed E-state index contributed by atoms with van der Waals surface area (Å²) >= 11 is 3.26. The zero-order chi connectivity index (χ0) is 14.8. The Kier molecular flexibility index (Phi) is 4.40. The van der Waals surface area contributed by atoms with Gasteiger partial charge in [-0.25, -0.2) is 9.97 Å². The van der Waals surface area contributed by atoms with Crippen molar-refractivity contribution in [3.63, 3.8) is 0 Å². The first-order valence-electron chi connectivity index (χ1n) is 6.93. The lowest BCUT2D eigenvalue weighted by atomic mass is 10.1. The van der Waals surface area contributed by atoms with Gasteiger partial charge in [0, 0.05) is 11.7 Å². The number of carboxylic acid groups (broad SMARTS) is 1. The van der Waals surface area contributed by atoms with E-state index in [0.717, 1.165) is 46.4 Å². The number of carbonyl (C=O) groups is 1. The van der Waals surface area contributed by atoms with Crippen LogP contribution in [0.15, 0.2) is 17.3 Å². The summed E-state index contributed by atoms with van der Waals surface area (Å²) in [5, 5.41) is 9.70. The topological polar surface area (TPSA) is 68.0 Å². The molecule has 0 bridgehead atoms. The van der Waals surface area contributed by atoms with Gasteiger partial charge in [0.2, 0.25) is 0 Å². The fourth-order valence-corrected chi connectivity index (χ4v) is 4.42. The molecule has 0 amide bonds. The summed E-state index contributed by atoms with van der Waals surface area (Å²) in [6.45, 7) is 1.97. The second-order valence-electron chi connectivity index (χ2n) is 5.09. The van der Waals surface area contributed by atoms with E-state index in [1.165, 1.54) is 11.8 Å². The highest BCUT2D eigenvalue weighted by Gasteiger charge is 2.23. The van der Waals surface area contributed by atoms with Gasteiger partial charge in [-0.1, -0.05) is 11.8 Å². The highest BCUT2D eigenvalue weighted by atomic mass is 32.2. The van der Waals surface area contributed by atoms with Gasteiger partial charge in [0.05, 0.1) is 5.75 Å². The Morgan fingerprint density at radius 2 is 2.19 bits per heavy atom. The van der Waals surface area contributed by atoms with Crippen LogP contribution in [0.3, 0.4) is 0 Å². The number of aryl methyl sites for hydroxylation is 1. The van der Waals surface area contributed by atoms with E-state index >= 15 is 0 Å². The number of aliphatic carboxylic acids is 1. The van der Waals surface area contributed by atoms with Crippen molar-refractivity contribution in [2.45, 2.75) is 31.0 Å². The van der Waals surface area contributed by atoms with Crippen molar-refractivity contribution in [1.82, 2.24) is 14.5 Å². The average Bonchev–Trinajstić information content (AvgIpc) is 2.83. The van der Waals surface area contributed by atoms with Crippen LogP contribution in [-0.2, 0) is 4.79 Å². The zero-order valence-electron chi connectivity index (χ0n) is 11.8. The van der Waals surface area contributed by atoms with Crippen LogP contribution in [0.1, 0.15) is 24.6 Å². The molecule has 2 aromatic rings. The number of thioether (sulfide) groups is 2. The summed E-state index contributed by atoms with van der Waals surface area (Å²) in [5.74, 6) is 1.49. The van der Waals surface area contributed by atoms with Crippen molar-refractivity contribution in [1.29, 1.82) is 0 Å². The number of pyridine rings is 1. The molecule has 1 aliphatic heterocycles. The molecule has 21 heavy (non-hydrogen) atoms. The van der Waals surface area contributed by atoms with Crippen LogP contribution >= 0.6 is 23.5 Å². The molecule has 0 aliphatic carbocycles. The number of imidazole rings is 1. The molecule has 0 radical (unpaired) electrons. The van der Waals surface area contributed by atoms with Gasteiger partial charge < -0.3 is 9.67 Å². The lowest BCUT2D eigenvalue weighted by molar-refractivity contribution is -0.133. The predicted octanol–water partition coefficient (Wildman–Crippen LogP) is 2.98. The molecule has 7 heteroatoms. The number of fused-ring (bicyclic) bond motifs is 1. The summed E-state index contributed by atoms with van der Waals surface area (Å²) in [5.41, 5.74) is 2.70. The third-order valence-electron chi connectivity index (χ3n) is 3.52. The van der Waals surface area contributed by atoms with Crippen LogP contribution in [0.2, 0.25) is 0 Å². The van der Waals surface area contributed by atoms with Gasteiger partial charge in [0.1, 0.15) is 5.52 Å². The van der Waals surface area contributed by atoms with E-state index in [2.05, 4.69) is 14.5 Å². The largest absolute Gasteiger partial charge is 0.481 e. The average molecular weight is 323 g/mol. The molecule has 1 saturated heterocycles. The van der Waals surface area contributed by atoms with Gasteiger partial charge in [-0.2, -0.15) is 11.8 Å². The second kappa shape index (κ2) is 6.27. The van der Waals surface area contributed by atoms with E-state index in [9.17, 15) is 4.79 Å². The summed E-state index contributed by atoms with van der Waals surface area (Å²) in [6.07, 6.45) is 2.18. The van der Waals surface area contributed by atoms with Crippen molar-refractivity contribution in [2.75, 3.05) is 17.3 Å². The molecule has 3 rings (SSSR count). The lowest BCUT2D eigenvalue weighted by Crippen LogP contribution is -2.17. The molecule has 2 aromatic heterocycles. The molecule has 5 nitrogen and oxygen atoms in total. The molecule has 0 aromatic carbocycles. The fourth-order valence-electron chi connectivity index (χ4n) is 2.55. The maximum atomic E-state index is 10.9. The smallest absolute Gasteiger partial charge is 0.313 e. The van der Waals surface area contributed by atoms with Gasteiger partial charge in [-0.15, -0.1) is 0 Å². The number of carboxylic acids is 1. The number of hydrogen-bond donors (Lipinski definition) is 1. The van der Waals surface area contributed by atoms with E-state index < -0.39 is 5.97 Å². The van der Waals surface area contributed by atoms with E-state index in [-0.39, 0.29) is 5.75 Å². The Labute approximate surface area is 131 Å². The maximum absolute atomic E-state index is 10.9. The molecule has 112 valence electrons. The molecular formula is C14H17N3O2S2. The minimum Gasteiger partial charge on any atom is -0.481 e. The van der Waals surface area contributed by atoms with Gasteiger partial charge in [0.25, 0.3) is 0 Å². The van der Waals surface area contributed by atoms with Crippen molar-refractivity contribution >= 4 is 40.7 Å². The Hall–Kier alpha value is -1.21. The number of hydrogen-bond acceptors (Lipinski definition) is 5. The summed E-state index contributed by atoms with van der Waals surface area (Å²) in [4.78, 5) is 20.1.